The first-order valence-electron chi connectivity index (χ1n) is 8.31. The average molecular weight is 615 g/mol. The van der Waals surface area contributed by atoms with Crippen molar-refractivity contribution in [3.8, 4) is 15.8 Å². The number of carbonyl (C=O) groups excluding carboxylic acids is 1. The fourth-order valence-corrected chi connectivity index (χ4v) is 12.8. The number of carbonyl (C=O) groups is 1. The van der Waals surface area contributed by atoms with Crippen molar-refractivity contribution >= 4 is 83.5 Å². The first kappa shape index (κ1) is 19.3. The zero-order chi connectivity index (χ0) is 19.3. The number of ketones is 1. The number of fused-ring (bicyclic) bond motifs is 2. The number of halogens is 2. The summed E-state index contributed by atoms with van der Waals surface area (Å²) >= 11 is 6.17. The molecule has 27 heavy (non-hydrogen) atoms. The van der Waals surface area contributed by atoms with Crippen molar-refractivity contribution in [2.24, 2.45) is 4.99 Å². The van der Waals surface area contributed by atoms with E-state index in [0.717, 1.165) is 42.3 Å². The van der Waals surface area contributed by atoms with Gasteiger partial charge in [-0.15, -0.1) is 0 Å². The number of hydrogen-bond donors (Lipinski definition) is 1. The molecule has 1 N–H and O–H groups in total. The Balaban J connectivity index is 2.11. The van der Waals surface area contributed by atoms with Crippen molar-refractivity contribution < 1.29 is 9.90 Å². The molecule has 1 aliphatic heterocycles. The van der Waals surface area contributed by atoms with Crippen molar-refractivity contribution in [2.75, 3.05) is 0 Å². The van der Waals surface area contributed by atoms with E-state index < -0.39 is 8.07 Å². The molecule has 2 heterocycles. The maximum atomic E-state index is 12.1. The third kappa shape index (κ3) is 3.13. The van der Waals surface area contributed by atoms with Crippen molar-refractivity contribution in [2.45, 2.75) is 12.6 Å². The standard InChI is InChI=1S/C20H15BrINO2SeSi/c1-3-8-27(2)16-9-11(24)4-5-13(16)23-14-6-7-15(25)18(20(14)27)19-12(21)10-17(22)26-19/h3-7,9-10,25H,1,8H2,2H3. The Morgan fingerprint density at radius 3 is 2.85 bits per heavy atom. The quantitative estimate of drug-likeness (QED) is 0.237. The van der Waals surface area contributed by atoms with Gasteiger partial charge in [0.1, 0.15) is 0 Å². The Bertz CT molecular complexity index is 1100. The molecule has 1 aromatic heterocycles. The predicted octanol–water partition coefficient (Wildman–Crippen LogP) is 4.65. The van der Waals surface area contributed by atoms with Crippen LogP contribution < -0.4 is 5.19 Å². The molecule has 4 rings (SSSR count). The van der Waals surface area contributed by atoms with Gasteiger partial charge in [-0.1, -0.05) is 0 Å². The van der Waals surface area contributed by atoms with Gasteiger partial charge < -0.3 is 0 Å². The average Bonchev–Trinajstić information content (AvgIpc) is 2.95. The molecule has 7 heteroatoms. The first-order chi connectivity index (χ1) is 12.8. The molecule has 0 spiro atoms. The Kier molecular flexibility index (Phi) is 5.09. The minimum atomic E-state index is -2.35. The van der Waals surface area contributed by atoms with Crippen molar-refractivity contribution in [1.29, 1.82) is 0 Å². The van der Waals surface area contributed by atoms with Crippen LogP contribution in [0.2, 0.25) is 12.6 Å². The number of benzene rings is 1. The molecule has 2 aromatic rings. The van der Waals surface area contributed by atoms with E-state index >= 15 is 0 Å². The molecular weight excluding hydrogens is 600 g/mol. The minimum absolute atomic E-state index is 0.00131. The summed E-state index contributed by atoms with van der Waals surface area (Å²) in [6, 6.07) is 6.53. The molecule has 0 bridgehead atoms. The summed E-state index contributed by atoms with van der Waals surface area (Å²) in [6.07, 6.45) is 7.06. The summed E-state index contributed by atoms with van der Waals surface area (Å²) < 4.78 is 3.44. The van der Waals surface area contributed by atoms with Gasteiger partial charge in [0, 0.05) is 0 Å². The number of aliphatic imine (C=N–C) groups is 1. The van der Waals surface area contributed by atoms with Gasteiger partial charge in [-0.3, -0.25) is 0 Å². The number of rotatable bonds is 3. The van der Waals surface area contributed by atoms with Gasteiger partial charge in [0.25, 0.3) is 0 Å². The van der Waals surface area contributed by atoms with Crippen LogP contribution in [0.4, 0.5) is 5.69 Å². The first-order valence-corrected chi connectivity index (χ1v) is 14.6. The second-order valence-electron chi connectivity index (χ2n) is 6.70. The van der Waals surface area contributed by atoms with Crippen LogP contribution in [0.3, 0.4) is 0 Å². The molecule has 0 fully saturated rings. The Hall–Kier alpha value is -0.994. The summed E-state index contributed by atoms with van der Waals surface area (Å²) in [7, 11) is -2.35. The van der Waals surface area contributed by atoms with E-state index in [1.165, 1.54) is 2.44 Å². The number of allylic oxidation sites excluding steroid dienone is 5. The van der Waals surface area contributed by atoms with E-state index in [1.807, 2.05) is 18.2 Å². The summed E-state index contributed by atoms with van der Waals surface area (Å²) in [6.45, 7) is 6.23. The summed E-state index contributed by atoms with van der Waals surface area (Å²) in [5, 5.41) is 13.0. The zero-order valence-electron chi connectivity index (χ0n) is 14.4. The monoisotopic (exact) mass is 615 g/mol. The van der Waals surface area contributed by atoms with Gasteiger partial charge in [-0.05, 0) is 0 Å². The Labute approximate surface area is 186 Å². The molecule has 1 atom stereocenters. The van der Waals surface area contributed by atoms with Gasteiger partial charge in [-0.2, -0.15) is 0 Å². The topological polar surface area (TPSA) is 49.7 Å². The maximum absolute atomic E-state index is 12.1. The Morgan fingerprint density at radius 1 is 1.41 bits per heavy atom. The molecule has 3 nitrogen and oxygen atoms in total. The van der Waals surface area contributed by atoms with Gasteiger partial charge in [0.2, 0.25) is 0 Å². The molecule has 136 valence electrons. The van der Waals surface area contributed by atoms with Crippen LogP contribution in [-0.2, 0) is 4.79 Å². The van der Waals surface area contributed by atoms with Crippen LogP contribution in [0, 0.1) is 2.44 Å². The molecule has 0 saturated carbocycles. The third-order valence-electron chi connectivity index (χ3n) is 4.95. The fourth-order valence-electron chi connectivity index (χ4n) is 3.79. The van der Waals surface area contributed by atoms with Gasteiger partial charge in [0.15, 0.2) is 0 Å². The summed E-state index contributed by atoms with van der Waals surface area (Å²) in [5.74, 6) is 0.278. The predicted molar refractivity (Wildman–Crippen MR) is 126 cm³/mol. The number of hydrogen-bond acceptors (Lipinski definition) is 3. The van der Waals surface area contributed by atoms with Crippen molar-refractivity contribution in [1.82, 2.24) is 0 Å². The number of phenols is 1. The SMILES string of the molecule is C=CC[Si]1(C)C2=CC(=O)C=CC2=Nc2ccc(O)c(-c3[se]c(I)cc3Br)c21. The van der Waals surface area contributed by atoms with Crippen LogP contribution in [0.1, 0.15) is 0 Å². The molecule has 1 aromatic carbocycles. The summed E-state index contributed by atoms with van der Waals surface area (Å²) in [4.78, 5) is 17.0. The van der Waals surface area contributed by atoms with Crippen LogP contribution in [-0.4, -0.2) is 39.2 Å². The molecule has 0 amide bonds. The number of nitrogens with zero attached hydrogens (tertiary/aromatic N) is 1. The second-order valence-corrected chi connectivity index (χ2v) is 16.7. The van der Waals surface area contributed by atoms with Crippen molar-refractivity contribution in [3.05, 3.63) is 61.2 Å². The zero-order valence-corrected chi connectivity index (χ0v) is 20.9. The van der Waals surface area contributed by atoms with Crippen LogP contribution >= 0.6 is 38.5 Å². The van der Waals surface area contributed by atoms with Crippen molar-refractivity contribution in [3.63, 3.8) is 0 Å². The normalized spacial score (nSPS) is 20.6. The number of phenolic OH excluding ortho intramolecular Hbond substituents is 1. The van der Waals surface area contributed by atoms with E-state index in [-0.39, 0.29) is 26.0 Å². The van der Waals surface area contributed by atoms with E-state index in [1.54, 1.807) is 18.2 Å². The fraction of sp³-hybridized carbons (Fsp3) is 0.100. The van der Waals surface area contributed by atoms with Gasteiger partial charge in [-0.25, -0.2) is 0 Å². The van der Waals surface area contributed by atoms with E-state index in [4.69, 9.17) is 4.99 Å². The van der Waals surface area contributed by atoms with Crippen LogP contribution in [0.25, 0.3) is 10.0 Å². The molecule has 1 unspecified atom stereocenters. The van der Waals surface area contributed by atoms with E-state index in [2.05, 4.69) is 57.7 Å². The van der Waals surface area contributed by atoms with Gasteiger partial charge >= 0.3 is 188 Å². The molecule has 1 aliphatic carbocycles. The van der Waals surface area contributed by atoms with E-state index in [9.17, 15) is 9.90 Å². The van der Waals surface area contributed by atoms with Gasteiger partial charge in [0.05, 0.1) is 0 Å². The molecular formula is C20H15BrINO2SeSi. The molecule has 0 saturated heterocycles. The number of aromatic hydroxyl groups is 1. The molecule has 0 radical (unpaired) electrons. The Morgan fingerprint density at radius 2 is 2.19 bits per heavy atom. The second kappa shape index (κ2) is 7.11. The van der Waals surface area contributed by atoms with E-state index in [0.29, 0.717) is 0 Å². The molecule has 2 aliphatic rings. The third-order valence-corrected chi connectivity index (χ3v) is 13.9. The van der Waals surface area contributed by atoms with Crippen LogP contribution in [0.15, 0.2) is 63.7 Å². The summed E-state index contributed by atoms with van der Waals surface area (Å²) in [5.41, 5.74) is 2.66. The van der Waals surface area contributed by atoms with Crippen LogP contribution in [0.5, 0.6) is 5.75 Å².